The van der Waals surface area contributed by atoms with Gasteiger partial charge in [-0.1, -0.05) is 0 Å². The summed E-state index contributed by atoms with van der Waals surface area (Å²) in [6, 6.07) is 0. The number of hydrogen-bond donors (Lipinski definition) is 2. The summed E-state index contributed by atoms with van der Waals surface area (Å²) in [7, 11) is 0. The van der Waals surface area contributed by atoms with Gasteiger partial charge in [0.1, 0.15) is 18.5 Å². The fourth-order valence-electron chi connectivity index (χ4n) is 1.78. The minimum absolute atomic E-state index is 0.169. The van der Waals surface area contributed by atoms with Gasteiger partial charge in [-0.25, -0.2) is 0 Å². The Labute approximate surface area is 81.9 Å². The zero-order valence-electron chi connectivity index (χ0n) is 8.14. The normalized spacial score (nSPS) is 41.3. The van der Waals surface area contributed by atoms with Crippen LogP contribution in [0.3, 0.4) is 0 Å². The monoisotopic (exact) mass is 202 g/mol. The lowest BCUT2D eigenvalue weighted by atomic mass is 10.2. The lowest BCUT2D eigenvalue weighted by molar-refractivity contribution is -0.203. The average Bonchev–Trinajstić information content (AvgIpc) is 2.56. The Balaban J connectivity index is 2.00. The quantitative estimate of drug-likeness (QED) is 0.625. The lowest BCUT2D eigenvalue weighted by Gasteiger charge is -2.19. The average molecular weight is 202 g/mol. The number of aliphatic hydroxyl groups is 2. The molecule has 0 aliphatic carbocycles. The first-order valence-corrected chi connectivity index (χ1v) is 4.56. The zero-order chi connectivity index (χ0) is 10.3. The van der Waals surface area contributed by atoms with Crippen LogP contribution in [0.15, 0.2) is 12.0 Å². The number of ether oxygens (including phenoxy) is 3. The molecule has 80 valence electrons. The standard InChI is InChI=1S/C9H14O5/c1-9(2)13-7-3-6(5(11)4-10)12-8(7)14-9/h4,6-8,10-11H,3H2,1-2H3/t6-,7+,8+/m0/s1. The molecule has 0 radical (unpaired) electrons. The predicted octanol–water partition coefficient (Wildman–Crippen LogP) is 1.21. The first-order valence-electron chi connectivity index (χ1n) is 4.56. The summed E-state index contributed by atoms with van der Waals surface area (Å²) in [6.45, 7) is 3.62. The van der Waals surface area contributed by atoms with Crippen molar-refractivity contribution in [3.05, 3.63) is 12.0 Å². The third-order valence-corrected chi connectivity index (χ3v) is 2.35. The van der Waals surface area contributed by atoms with Crippen molar-refractivity contribution in [2.24, 2.45) is 0 Å². The first kappa shape index (κ1) is 9.76. The molecule has 0 amide bonds. The van der Waals surface area contributed by atoms with Crippen LogP contribution in [-0.2, 0) is 14.2 Å². The fourth-order valence-corrected chi connectivity index (χ4v) is 1.78. The van der Waals surface area contributed by atoms with Crippen molar-refractivity contribution in [1.82, 2.24) is 0 Å². The molecule has 0 aromatic carbocycles. The summed E-state index contributed by atoms with van der Waals surface area (Å²) in [5, 5.41) is 17.8. The summed E-state index contributed by atoms with van der Waals surface area (Å²) >= 11 is 0. The van der Waals surface area contributed by atoms with Gasteiger partial charge in [0.05, 0.1) is 0 Å². The Morgan fingerprint density at radius 1 is 1.43 bits per heavy atom. The largest absolute Gasteiger partial charge is 0.512 e. The maximum Gasteiger partial charge on any atom is 0.188 e. The highest BCUT2D eigenvalue weighted by molar-refractivity contribution is 5.00. The summed E-state index contributed by atoms with van der Waals surface area (Å²) in [6.07, 6.45) is -0.00583. The summed E-state index contributed by atoms with van der Waals surface area (Å²) in [4.78, 5) is 0. The maximum atomic E-state index is 9.22. The van der Waals surface area contributed by atoms with Crippen molar-refractivity contribution in [2.75, 3.05) is 0 Å². The van der Waals surface area contributed by atoms with Crippen LogP contribution in [0.2, 0.25) is 0 Å². The van der Waals surface area contributed by atoms with Gasteiger partial charge in [-0.3, -0.25) is 0 Å². The molecule has 2 rings (SSSR count). The second-order valence-corrected chi connectivity index (χ2v) is 3.96. The molecule has 14 heavy (non-hydrogen) atoms. The SMILES string of the molecule is CC1(C)O[C@H]2O[C@H](C(O)=CO)C[C@H]2O1. The van der Waals surface area contributed by atoms with E-state index in [4.69, 9.17) is 19.3 Å². The molecule has 2 fully saturated rings. The third-order valence-electron chi connectivity index (χ3n) is 2.35. The molecule has 5 heteroatoms. The minimum atomic E-state index is -0.626. The molecule has 2 N–H and O–H groups in total. The van der Waals surface area contributed by atoms with Gasteiger partial charge < -0.3 is 24.4 Å². The molecule has 2 heterocycles. The van der Waals surface area contributed by atoms with Crippen molar-refractivity contribution in [1.29, 1.82) is 0 Å². The van der Waals surface area contributed by atoms with Crippen LogP contribution < -0.4 is 0 Å². The van der Waals surface area contributed by atoms with E-state index in [0.717, 1.165) is 0 Å². The Bertz CT molecular complexity index is 244. The molecule has 0 spiro atoms. The third kappa shape index (κ3) is 1.58. The van der Waals surface area contributed by atoms with Crippen LogP contribution in [0.4, 0.5) is 0 Å². The maximum absolute atomic E-state index is 9.22. The van der Waals surface area contributed by atoms with E-state index in [9.17, 15) is 5.11 Å². The highest BCUT2D eigenvalue weighted by Gasteiger charge is 2.49. The van der Waals surface area contributed by atoms with Crippen molar-refractivity contribution < 1.29 is 24.4 Å². The molecule has 2 aliphatic rings. The van der Waals surface area contributed by atoms with E-state index in [1.807, 2.05) is 13.8 Å². The van der Waals surface area contributed by atoms with Gasteiger partial charge in [0, 0.05) is 6.42 Å². The predicted molar refractivity (Wildman–Crippen MR) is 46.7 cm³/mol. The molecule has 0 bridgehead atoms. The minimum Gasteiger partial charge on any atom is -0.512 e. The Kier molecular flexibility index (Phi) is 2.17. The van der Waals surface area contributed by atoms with Gasteiger partial charge in [0.2, 0.25) is 0 Å². The molecule has 3 atom stereocenters. The summed E-state index contributed by atoms with van der Waals surface area (Å²) < 4.78 is 16.3. The van der Waals surface area contributed by atoms with Gasteiger partial charge in [0.25, 0.3) is 0 Å². The topological polar surface area (TPSA) is 68.2 Å². The summed E-state index contributed by atoms with van der Waals surface area (Å²) in [5.74, 6) is -0.817. The Morgan fingerprint density at radius 3 is 2.71 bits per heavy atom. The smallest absolute Gasteiger partial charge is 0.188 e. The van der Waals surface area contributed by atoms with Crippen LogP contribution >= 0.6 is 0 Å². The van der Waals surface area contributed by atoms with Gasteiger partial charge >= 0.3 is 0 Å². The number of rotatable bonds is 1. The van der Waals surface area contributed by atoms with E-state index in [-0.39, 0.29) is 11.9 Å². The molecule has 2 saturated heterocycles. The Hall–Kier alpha value is -0.780. The van der Waals surface area contributed by atoms with Crippen LogP contribution in [0, 0.1) is 0 Å². The van der Waals surface area contributed by atoms with E-state index >= 15 is 0 Å². The van der Waals surface area contributed by atoms with Gasteiger partial charge in [-0.15, -0.1) is 0 Å². The second kappa shape index (κ2) is 3.12. The van der Waals surface area contributed by atoms with Gasteiger partial charge in [-0.2, -0.15) is 0 Å². The van der Waals surface area contributed by atoms with E-state index in [1.165, 1.54) is 0 Å². The van der Waals surface area contributed by atoms with Crippen LogP contribution in [0.25, 0.3) is 0 Å². The number of fused-ring (bicyclic) bond motifs is 1. The molecule has 0 aromatic heterocycles. The van der Waals surface area contributed by atoms with Crippen molar-refractivity contribution in [3.63, 3.8) is 0 Å². The molecule has 5 nitrogen and oxygen atoms in total. The zero-order valence-corrected chi connectivity index (χ0v) is 8.14. The Morgan fingerprint density at radius 2 is 2.14 bits per heavy atom. The number of hydrogen-bond acceptors (Lipinski definition) is 5. The molecule has 2 aliphatic heterocycles. The summed E-state index contributed by atoms with van der Waals surface area (Å²) in [5.41, 5.74) is 0. The van der Waals surface area contributed by atoms with Crippen LogP contribution in [0.5, 0.6) is 0 Å². The van der Waals surface area contributed by atoms with Crippen molar-refractivity contribution in [2.45, 2.75) is 44.6 Å². The van der Waals surface area contributed by atoms with E-state index in [1.54, 1.807) is 0 Å². The molecule has 0 aromatic rings. The fraction of sp³-hybridized carbons (Fsp3) is 0.778. The van der Waals surface area contributed by atoms with Gasteiger partial charge in [-0.05, 0) is 13.8 Å². The van der Waals surface area contributed by atoms with E-state index in [0.29, 0.717) is 12.7 Å². The van der Waals surface area contributed by atoms with Crippen molar-refractivity contribution >= 4 is 0 Å². The highest BCUT2D eigenvalue weighted by atomic mass is 16.8. The second-order valence-electron chi connectivity index (χ2n) is 3.96. The van der Waals surface area contributed by atoms with Crippen LogP contribution in [0.1, 0.15) is 20.3 Å². The lowest BCUT2D eigenvalue weighted by Crippen LogP contribution is -2.25. The van der Waals surface area contributed by atoms with Crippen molar-refractivity contribution in [3.8, 4) is 0 Å². The van der Waals surface area contributed by atoms with E-state index < -0.39 is 18.2 Å². The van der Waals surface area contributed by atoms with Crippen LogP contribution in [-0.4, -0.2) is 34.5 Å². The molecular weight excluding hydrogens is 188 g/mol. The first-order chi connectivity index (χ1) is 6.52. The number of aliphatic hydroxyl groups excluding tert-OH is 2. The molecular formula is C9H14O5. The van der Waals surface area contributed by atoms with E-state index in [2.05, 4.69) is 0 Å². The molecule has 0 unspecified atom stereocenters. The van der Waals surface area contributed by atoms with Gasteiger partial charge in [0.15, 0.2) is 17.8 Å². The highest BCUT2D eigenvalue weighted by Crippen LogP contribution is 2.38. The molecule has 0 saturated carbocycles.